The molecule has 1 atom stereocenters. The van der Waals surface area contributed by atoms with E-state index in [-0.39, 0.29) is 27.6 Å². The van der Waals surface area contributed by atoms with E-state index in [1.165, 1.54) is 0 Å². The highest BCUT2D eigenvalue weighted by Crippen LogP contribution is 2.51. The van der Waals surface area contributed by atoms with Crippen LogP contribution in [-0.4, -0.2) is 24.4 Å². The minimum absolute atomic E-state index is 0.0535. The number of benzene rings is 2. The topological polar surface area (TPSA) is 42.0 Å². The number of rotatable bonds is 5. The van der Waals surface area contributed by atoms with Crippen LogP contribution in [0.25, 0.3) is 0 Å². The van der Waals surface area contributed by atoms with Crippen LogP contribution in [0.1, 0.15) is 25.0 Å². The summed E-state index contributed by atoms with van der Waals surface area (Å²) < 4.78 is 10.8. The predicted octanol–water partition coefficient (Wildman–Crippen LogP) is 6.11. The Hall–Kier alpha value is -0.840. The molecule has 1 heterocycles. The summed E-state index contributed by atoms with van der Waals surface area (Å²) in [6.07, 6.45) is 0.0535. The van der Waals surface area contributed by atoms with Crippen LogP contribution in [0, 0.1) is 0 Å². The third-order valence-corrected chi connectivity index (χ3v) is 5.92. The molecule has 3 rings (SSSR count). The second kappa shape index (κ2) is 7.05. The average molecular weight is 422 g/mol. The van der Waals surface area contributed by atoms with Gasteiger partial charge in [-0.3, -0.25) is 0 Å². The first-order valence-corrected chi connectivity index (χ1v) is 9.15. The Balaban J connectivity index is 2.07. The lowest BCUT2D eigenvalue weighted by molar-refractivity contribution is 0.263. The molecule has 1 N–H and O–H groups in total. The Morgan fingerprint density at radius 1 is 1.04 bits per heavy atom. The highest BCUT2D eigenvalue weighted by atomic mass is 35.5. The lowest BCUT2D eigenvalue weighted by Gasteiger charge is -2.30. The summed E-state index contributed by atoms with van der Waals surface area (Å²) >= 11 is 25.9. The summed E-state index contributed by atoms with van der Waals surface area (Å²) in [6.45, 7) is 4.91. The molecule has 0 radical (unpaired) electrons. The first kappa shape index (κ1) is 18.9. The van der Waals surface area contributed by atoms with Crippen molar-refractivity contribution in [3.05, 3.63) is 55.5 Å². The zero-order valence-corrected chi connectivity index (χ0v) is 16.6. The van der Waals surface area contributed by atoms with Gasteiger partial charge in [0, 0.05) is 11.0 Å². The van der Waals surface area contributed by atoms with Crippen molar-refractivity contribution in [1.29, 1.82) is 0 Å². The number of halogens is 4. The van der Waals surface area contributed by atoms with Crippen molar-refractivity contribution in [3.8, 4) is 11.5 Å². The molecule has 0 aliphatic carbocycles. The number of hydrogen-bond acceptors (Lipinski definition) is 3. The third kappa shape index (κ3) is 3.67. The summed E-state index contributed by atoms with van der Waals surface area (Å²) in [7, 11) is 0. The summed E-state index contributed by atoms with van der Waals surface area (Å²) in [6, 6.07) is 6.82. The van der Waals surface area contributed by atoms with E-state index in [9.17, 15) is 5.11 Å². The molecule has 1 saturated heterocycles. The minimum Gasteiger partial charge on any atom is -0.508 e. The largest absolute Gasteiger partial charge is 0.508 e. The van der Waals surface area contributed by atoms with Gasteiger partial charge in [0.1, 0.15) is 28.5 Å². The second-order valence-electron chi connectivity index (χ2n) is 6.40. The number of epoxide rings is 1. The van der Waals surface area contributed by atoms with Crippen molar-refractivity contribution in [2.75, 3.05) is 13.2 Å². The van der Waals surface area contributed by atoms with Gasteiger partial charge in [-0.2, -0.15) is 0 Å². The van der Waals surface area contributed by atoms with Crippen LogP contribution in [0.4, 0.5) is 0 Å². The van der Waals surface area contributed by atoms with Crippen LogP contribution >= 0.6 is 46.4 Å². The molecule has 0 amide bonds. The molecule has 1 unspecified atom stereocenters. The van der Waals surface area contributed by atoms with E-state index >= 15 is 0 Å². The van der Waals surface area contributed by atoms with Gasteiger partial charge < -0.3 is 14.6 Å². The molecule has 2 aromatic carbocycles. The molecule has 0 saturated carbocycles. The average Bonchev–Trinajstić information content (AvgIpc) is 3.38. The number of hydrogen-bond donors (Lipinski definition) is 1. The first-order valence-electron chi connectivity index (χ1n) is 7.63. The normalized spacial score (nSPS) is 16.8. The Kier molecular flexibility index (Phi) is 5.34. The highest BCUT2D eigenvalue weighted by molar-refractivity contribution is 6.49. The van der Waals surface area contributed by atoms with Crippen LogP contribution in [0.3, 0.4) is 0 Å². The molecule has 0 aromatic heterocycles. The van der Waals surface area contributed by atoms with Gasteiger partial charge in [-0.1, -0.05) is 72.4 Å². The number of phenolic OH excluding ortho intramolecular Hbond substituents is 1. The van der Waals surface area contributed by atoms with Crippen molar-refractivity contribution in [2.24, 2.45) is 0 Å². The lowest BCUT2D eigenvalue weighted by atomic mass is 9.78. The zero-order chi connectivity index (χ0) is 18.4. The van der Waals surface area contributed by atoms with E-state index in [4.69, 9.17) is 55.9 Å². The van der Waals surface area contributed by atoms with Crippen LogP contribution in [-0.2, 0) is 10.2 Å². The van der Waals surface area contributed by atoms with E-state index in [2.05, 4.69) is 0 Å². The fraction of sp³-hybridized carbons (Fsp3) is 0.333. The molecule has 1 aliphatic rings. The molecule has 7 heteroatoms. The molecule has 2 aromatic rings. The second-order valence-corrected chi connectivity index (χ2v) is 7.91. The van der Waals surface area contributed by atoms with Gasteiger partial charge in [0.25, 0.3) is 0 Å². The van der Waals surface area contributed by atoms with Crippen LogP contribution in [0.2, 0.25) is 20.1 Å². The maximum absolute atomic E-state index is 9.51. The summed E-state index contributed by atoms with van der Waals surface area (Å²) in [5.74, 6) is 0.443. The standard InChI is InChI=1S/C18H16Cl4O3/c1-18(2,9-3-5-10(23)6-4-9)12-13(19)15(21)17(16(22)14(12)20)25-8-11-7-24-11/h3-6,11,23H,7-8H2,1-2H3. The monoisotopic (exact) mass is 420 g/mol. The van der Waals surface area contributed by atoms with Gasteiger partial charge in [-0.25, -0.2) is 0 Å². The van der Waals surface area contributed by atoms with Crippen LogP contribution < -0.4 is 4.74 Å². The maximum atomic E-state index is 9.51. The number of aromatic hydroxyl groups is 1. The van der Waals surface area contributed by atoms with E-state index in [0.29, 0.717) is 28.8 Å². The molecular weight excluding hydrogens is 406 g/mol. The first-order chi connectivity index (χ1) is 11.7. The lowest BCUT2D eigenvalue weighted by Crippen LogP contribution is -2.20. The molecule has 134 valence electrons. The zero-order valence-electron chi connectivity index (χ0n) is 13.6. The van der Waals surface area contributed by atoms with Gasteiger partial charge in [0.2, 0.25) is 0 Å². The van der Waals surface area contributed by atoms with Gasteiger partial charge in [0.05, 0.1) is 16.7 Å². The van der Waals surface area contributed by atoms with Crippen molar-refractivity contribution >= 4 is 46.4 Å². The molecule has 0 spiro atoms. The highest BCUT2D eigenvalue weighted by Gasteiger charge is 2.34. The van der Waals surface area contributed by atoms with E-state index in [1.807, 2.05) is 13.8 Å². The minimum atomic E-state index is -0.590. The van der Waals surface area contributed by atoms with Gasteiger partial charge in [-0.15, -0.1) is 0 Å². The molecule has 3 nitrogen and oxygen atoms in total. The maximum Gasteiger partial charge on any atom is 0.159 e. The SMILES string of the molecule is CC(C)(c1ccc(O)cc1)c1c(Cl)c(Cl)c(OCC2CO2)c(Cl)c1Cl. The smallest absolute Gasteiger partial charge is 0.159 e. The van der Waals surface area contributed by atoms with Crippen LogP contribution in [0.15, 0.2) is 24.3 Å². The number of phenols is 1. The van der Waals surface area contributed by atoms with Crippen molar-refractivity contribution in [2.45, 2.75) is 25.4 Å². The van der Waals surface area contributed by atoms with E-state index < -0.39 is 5.41 Å². The van der Waals surface area contributed by atoms with Crippen molar-refractivity contribution < 1.29 is 14.6 Å². The van der Waals surface area contributed by atoms with Gasteiger partial charge >= 0.3 is 0 Å². The number of ether oxygens (including phenoxy) is 2. The quantitative estimate of drug-likeness (QED) is 0.467. The summed E-state index contributed by atoms with van der Waals surface area (Å²) in [5.41, 5.74) is 0.917. The van der Waals surface area contributed by atoms with Crippen LogP contribution in [0.5, 0.6) is 11.5 Å². The van der Waals surface area contributed by atoms with E-state index in [1.54, 1.807) is 24.3 Å². The summed E-state index contributed by atoms with van der Waals surface area (Å²) in [5, 5.41) is 10.5. The Bertz CT molecular complexity index is 770. The fourth-order valence-electron chi connectivity index (χ4n) is 2.65. The third-order valence-electron chi connectivity index (χ3n) is 4.25. The predicted molar refractivity (Wildman–Crippen MR) is 102 cm³/mol. The van der Waals surface area contributed by atoms with Gasteiger partial charge in [0.15, 0.2) is 5.75 Å². The molecule has 1 fully saturated rings. The molecule has 0 bridgehead atoms. The molecule has 1 aliphatic heterocycles. The Labute approximate surface area is 166 Å². The molecule has 25 heavy (non-hydrogen) atoms. The Morgan fingerprint density at radius 3 is 2.04 bits per heavy atom. The van der Waals surface area contributed by atoms with Crippen molar-refractivity contribution in [1.82, 2.24) is 0 Å². The Morgan fingerprint density at radius 2 is 1.56 bits per heavy atom. The van der Waals surface area contributed by atoms with Gasteiger partial charge in [-0.05, 0) is 17.7 Å². The molecular formula is C18H16Cl4O3. The van der Waals surface area contributed by atoms with Crippen molar-refractivity contribution in [3.63, 3.8) is 0 Å². The summed E-state index contributed by atoms with van der Waals surface area (Å²) in [4.78, 5) is 0. The van der Waals surface area contributed by atoms with E-state index in [0.717, 1.165) is 5.56 Å². The fourth-order valence-corrected chi connectivity index (χ4v) is 4.07.